The highest BCUT2D eigenvalue weighted by atomic mass is 79.9. The van der Waals surface area contributed by atoms with E-state index in [1.165, 1.54) is 52.3 Å². The average molecular weight is 632 g/mol. The predicted octanol–water partition coefficient (Wildman–Crippen LogP) is 6.16. The number of hydrogen-bond donors (Lipinski definition) is 2. The lowest BCUT2D eigenvalue weighted by Crippen LogP contribution is -2.64. The largest absolute Gasteiger partial charge is 0.444 e. The Balaban J connectivity index is 1.63. The van der Waals surface area contributed by atoms with Gasteiger partial charge in [-0.2, -0.15) is 0 Å². The lowest BCUT2D eigenvalue weighted by Gasteiger charge is -2.43. The van der Waals surface area contributed by atoms with Crippen LogP contribution in [0.1, 0.15) is 46.1 Å². The molecule has 1 aliphatic heterocycles. The molecule has 1 saturated heterocycles. The molecule has 3 amide bonds. The van der Waals surface area contributed by atoms with Crippen molar-refractivity contribution in [3.05, 3.63) is 70.3 Å². The third-order valence-electron chi connectivity index (χ3n) is 6.89. The van der Waals surface area contributed by atoms with Crippen LogP contribution in [0.4, 0.5) is 19.3 Å². The number of aromatic nitrogens is 1. The van der Waals surface area contributed by atoms with Crippen LogP contribution in [0.15, 0.2) is 53.1 Å². The van der Waals surface area contributed by atoms with E-state index in [4.69, 9.17) is 4.74 Å². The molecule has 0 bridgehead atoms. The van der Waals surface area contributed by atoms with Crippen molar-refractivity contribution in [1.82, 2.24) is 15.2 Å². The van der Waals surface area contributed by atoms with Gasteiger partial charge >= 0.3 is 6.09 Å². The van der Waals surface area contributed by atoms with Gasteiger partial charge in [-0.15, -0.1) is 0 Å². The zero-order valence-electron chi connectivity index (χ0n) is 23.4. The normalized spacial score (nSPS) is 15.2. The number of ether oxygens (including phenoxy) is 1. The zero-order valence-corrected chi connectivity index (χ0v) is 25.0. The number of H-pyrrole nitrogens is 1. The maximum Gasteiger partial charge on any atom is 0.410 e. The maximum atomic E-state index is 14.3. The second kappa shape index (κ2) is 12.0. The number of amides is 3. The van der Waals surface area contributed by atoms with Gasteiger partial charge in [0.25, 0.3) is 5.91 Å². The molecule has 0 atom stereocenters. The van der Waals surface area contributed by atoms with Crippen molar-refractivity contribution in [2.45, 2.75) is 51.7 Å². The lowest BCUT2D eigenvalue weighted by atomic mass is 9.85. The van der Waals surface area contributed by atoms with E-state index in [1.807, 2.05) is 0 Å². The number of nitrogens with one attached hydrogen (secondary N) is 2. The van der Waals surface area contributed by atoms with Gasteiger partial charge in [-0.3, -0.25) is 9.59 Å². The fourth-order valence-electron chi connectivity index (χ4n) is 4.84. The molecule has 0 unspecified atom stereocenters. The van der Waals surface area contributed by atoms with Gasteiger partial charge in [0.05, 0.1) is 10.2 Å². The van der Waals surface area contributed by atoms with E-state index in [0.29, 0.717) is 22.2 Å². The Labute approximate surface area is 245 Å². The van der Waals surface area contributed by atoms with Crippen LogP contribution >= 0.6 is 15.9 Å². The molecule has 8 nitrogen and oxygen atoms in total. The molecule has 4 rings (SSSR count). The first-order chi connectivity index (χ1) is 19.3. The SMILES string of the molecule is CCN(C(=O)C1(NC(=O)C=Cc2ccc(F)c(Br)c2)CCN(C(=O)OC(C)(C)C)CC1)c1c[nH]c2ccc(F)cc12. The van der Waals surface area contributed by atoms with Gasteiger partial charge in [-0.25, -0.2) is 13.6 Å². The van der Waals surface area contributed by atoms with E-state index in [2.05, 4.69) is 26.2 Å². The molecule has 0 spiro atoms. The first-order valence-electron chi connectivity index (χ1n) is 13.3. The number of piperidine rings is 1. The van der Waals surface area contributed by atoms with Crippen molar-refractivity contribution in [1.29, 1.82) is 0 Å². The standard InChI is InChI=1S/C30H33BrF2N4O4/c1-5-37(25-18-34-24-10-8-20(32)17-21(24)25)27(39)30(12-14-36(15-13-30)28(40)41-29(2,3)4)35-26(38)11-7-19-6-9-23(33)22(31)16-19/h6-11,16-18,34H,5,12-15H2,1-4H3,(H,35,38). The predicted molar refractivity (Wildman–Crippen MR) is 157 cm³/mol. The molecular formula is C30H33BrF2N4O4. The maximum absolute atomic E-state index is 14.3. The van der Waals surface area contributed by atoms with Gasteiger partial charge in [0, 0.05) is 42.8 Å². The molecule has 0 saturated carbocycles. The summed E-state index contributed by atoms with van der Waals surface area (Å²) in [6.45, 7) is 7.74. The Bertz CT molecular complexity index is 1490. The Kier molecular flexibility index (Phi) is 8.86. The summed E-state index contributed by atoms with van der Waals surface area (Å²) in [6.07, 6.45) is 4.23. The second-order valence-corrected chi connectivity index (χ2v) is 11.8. The minimum atomic E-state index is -1.35. The van der Waals surface area contributed by atoms with Crippen molar-refractivity contribution >= 4 is 56.5 Å². The van der Waals surface area contributed by atoms with Crippen LogP contribution in [-0.4, -0.2) is 58.6 Å². The third-order valence-corrected chi connectivity index (χ3v) is 7.49. The summed E-state index contributed by atoms with van der Waals surface area (Å²) in [6, 6.07) is 8.63. The Morgan fingerprint density at radius 1 is 1.15 bits per heavy atom. The third kappa shape index (κ3) is 6.95. The molecule has 0 radical (unpaired) electrons. The summed E-state index contributed by atoms with van der Waals surface area (Å²) >= 11 is 3.13. The molecule has 11 heteroatoms. The van der Waals surface area contributed by atoms with Crippen LogP contribution in [-0.2, 0) is 14.3 Å². The Morgan fingerprint density at radius 3 is 2.49 bits per heavy atom. The fourth-order valence-corrected chi connectivity index (χ4v) is 5.23. The smallest absolute Gasteiger partial charge is 0.410 e. The molecule has 2 heterocycles. The molecule has 0 aliphatic carbocycles. The first-order valence-corrected chi connectivity index (χ1v) is 14.1. The van der Waals surface area contributed by atoms with E-state index in [1.54, 1.807) is 40.0 Å². The van der Waals surface area contributed by atoms with Crippen molar-refractivity contribution in [3.63, 3.8) is 0 Å². The molecule has 1 fully saturated rings. The number of likely N-dealkylation sites (tertiary alicyclic amines) is 1. The minimum Gasteiger partial charge on any atom is -0.444 e. The highest BCUT2D eigenvalue weighted by molar-refractivity contribution is 9.10. The van der Waals surface area contributed by atoms with Gasteiger partial charge in [0.2, 0.25) is 5.91 Å². The number of carbonyl (C=O) groups is 3. The number of benzene rings is 2. The Hall–Kier alpha value is -3.73. The average Bonchev–Trinajstić information content (AvgIpc) is 3.32. The van der Waals surface area contributed by atoms with Gasteiger partial charge in [0.1, 0.15) is 22.8 Å². The van der Waals surface area contributed by atoms with Gasteiger partial charge in [-0.05, 0) is 98.4 Å². The highest BCUT2D eigenvalue weighted by Gasteiger charge is 2.46. The molecular weight excluding hydrogens is 598 g/mol. The number of aromatic amines is 1. The van der Waals surface area contributed by atoms with Gasteiger partial charge < -0.3 is 24.8 Å². The summed E-state index contributed by atoms with van der Waals surface area (Å²) < 4.78 is 33.5. The number of rotatable bonds is 6. The van der Waals surface area contributed by atoms with Gasteiger partial charge in [-0.1, -0.05) is 6.07 Å². The summed E-state index contributed by atoms with van der Waals surface area (Å²) in [5, 5.41) is 3.44. The second-order valence-electron chi connectivity index (χ2n) is 11.0. The van der Waals surface area contributed by atoms with Gasteiger partial charge in [0.15, 0.2) is 0 Å². The molecule has 2 N–H and O–H groups in total. The number of fused-ring (bicyclic) bond motifs is 1. The van der Waals surface area contributed by atoms with E-state index in [0.717, 1.165) is 0 Å². The van der Waals surface area contributed by atoms with E-state index >= 15 is 0 Å². The van der Waals surface area contributed by atoms with Crippen LogP contribution in [0.25, 0.3) is 17.0 Å². The monoisotopic (exact) mass is 630 g/mol. The molecule has 2 aromatic carbocycles. The topological polar surface area (TPSA) is 94.7 Å². The highest BCUT2D eigenvalue weighted by Crippen LogP contribution is 2.33. The van der Waals surface area contributed by atoms with E-state index in [-0.39, 0.29) is 42.9 Å². The first kappa shape index (κ1) is 30.2. The van der Waals surface area contributed by atoms with Crippen LogP contribution in [0.2, 0.25) is 0 Å². The summed E-state index contributed by atoms with van der Waals surface area (Å²) in [5.41, 5.74) is -0.291. The van der Waals surface area contributed by atoms with E-state index in [9.17, 15) is 23.2 Å². The van der Waals surface area contributed by atoms with Crippen molar-refractivity contribution < 1.29 is 27.9 Å². The molecule has 1 aliphatic rings. The Morgan fingerprint density at radius 2 is 1.85 bits per heavy atom. The van der Waals surface area contributed by atoms with E-state index < -0.39 is 34.8 Å². The number of likely N-dealkylation sites (N-methyl/N-ethyl adjacent to an activating group) is 1. The quantitative estimate of drug-likeness (QED) is 0.319. The van der Waals surface area contributed by atoms with Crippen LogP contribution in [0.5, 0.6) is 0 Å². The van der Waals surface area contributed by atoms with Crippen molar-refractivity contribution in [2.75, 3.05) is 24.5 Å². The number of nitrogens with zero attached hydrogens (tertiary/aromatic N) is 2. The number of anilines is 1. The van der Waals surface area contributed by atoms with Crippen LogP contribution < -0.4 is 10.2 Å². The molecule has 1 aromatic heterocycles. The molecule has 41 heavy (non-hydrogen) atoms. The summed E-state index contributed by atoms with van der Waals surface area (Å²) in [7, 11) is 0. The minimum absolute atomic E-state index is 0.139. The summed E-state index contributed by atoms with van der Waals surface area (Å²) in [5.74, 6) is -1.76. The van der Waals surface area contributed by atoms with Crippen molar-refractivity contribution in [2.24, 2.45) is 0 Å². The fraction of sp³-hybridized carbons (Fsp3) is 0.367. The summed E-state index contributed by atoms with van der Waals surface area (Å²) in [4.78, 5) is 46.3. The number of carbonyl (C=O) groups excluding carboxylic acids is 3. The lowest BCUT2D eigenvalue weighted by molar-refractivity contribution is -0.132. The zero-order chi connectivity index (χ0) is 29.9. The van der Waals surface area contributed by atoms with Crippen LogP contribution in [0.3, 0.4) is 0 Å². The number of halogens is 3. The van der Waals surface area contributed by atoms with Crippen molar-refractivity contribution in [3.8, 4) is 0 Å². The molecule has 3 aromatic rings. The molecule has 218 valence electrons. The number of hydrogen-bond acceptors (Lipinski definition) is 4. The van der Waals surface area contributed by atoms with Crippen LogP contribution in [0, 0.1) is 11.6 Å².